The summed E-state index contributed by atoms with van der Waals surface area (Å²) in [5, 5.41) is 3.76. The fourth-order valence-electron chi connectivity index (χ4n) is 5.01. The topological polar surface area (TPSA) is 17.3 Å². The highest BCUT2D eigenvalue weighted by molar-refractivity contribution is 5.99. The van der Waals surface area contributed by atoms with Crippen LogP contribution in [-0.2, 0) is 0 Å². The van der Waals surface area contributed by atoms with E-state index >= 15 is 0 Å². The van der Waals surface area contributed by atoms with Crippen molar-refractivity contribution in [3.63, 3.8) is 0 Å². The number of benzene rings is 5. The van der Waals surface area contributed by atoms with Gasteiger partial charge in [0.05, 0.1) is 27.8 Å². The molecule has 0 atom stereocenters. The maximum absolute atomic E-state index is 5.10. The van der Waals surface area contributed by atoms with Gasteiger partial charge in [-0.25, -0.2) is 4.98 Å². The van der Waals surface area contributed by atoms with Crippen molar-refractivity contribution < 1.29 is 0 Å². The van der Waals surface area contributed by atoms with Crippen molar-refractivity contribution in [3.05, 3.63) is 121 Å². The summed E-state index contributed by atoms with van der Waals surface area (Å²) in [6.07, 6.45) is 0. The fourth-order valence-corrected chi connectivity index (χ4v) is 5.01. The summed E-state index contributed by atoms with van der Waals surface area (Å²) in [5.41, 5.74) is 9.07. The molecule has 0 N–H and O–H groups in total. The van der Waals surface area contributed by atoms with E-state index in [1.54, 1.807) is 0 Å². The molecule has 2 heterocycles. The van der Waals surface area contributed by atoms with Crippen molar-refractivity contribution in [3.8, 4) is 22.4 Å². The van der Waals surface area contributed by atoms with E-state index < -0.39 is 0 Å². The van der Waals surface area contributed by atoms with Gasteiger partial charge < -0.3 is 4.40 Å². The van der Waals surface area contributed by atoms with Crippen LogP contribution in [0.25, 0.3) is 60.6 Å². The Balaban J connectivity index is 1.46. The Morgan fingerprint density at radius 2 is 1.15 bits per heavy atom. The van der Waals surface area contributed by atoms with Gasteiger partial charge in [0.1, 0.15) is 0 Å². The first kappa shape index (κ1) is 18.2. The Labute approximate surface area is 191 Å². The first-order valence-corrected chi connectivity index (χ1v) is 11.2. The number of aromatic nitrogens is 2. The Morgan fingerprint density at radius 1 is 0.485 bits per heavy atom. The summed E-state index contributed by atoms with van der Waals surface area (Å²) in [6, 6.07) is 43.1. The zero-order valence-electron chi connectivity index (χ0n) is 17.9. The minimum atomic E-state index is 1.000. The molecule has 0 amide bonds. The minimum absolute atomic E-state index is 1.000. The zero-order chi connectivity index (χ0) is 21.8. The van der Waals surface area contributed by atoms with Crippen LogP contribution in [0.3, 0.4) is 0 Å². The quantitative estimate of drug-likeness (QED) is 0.276. The Hall–Kier alpha value is -4.43. The zero-order valence-corrected chi connectivity index (χ0v) is 17.9. The first-order valence-electron chi connectivity index (χ1n) is 11.2. The molecule has 0 fully saturated rings. The number of fused-ring (bicyclic) bond motifs is 6. The standard InChI is InChI=1S/C31H20N2/c1-3-11-25-21(8-1)10-7-12-26(25)22-16-18-23(19-17-22)31-30-20-24-9-2-5-14-28(24)33(30)29-15-6-4-13-27(29)32-31/h1-20H. The van der Waals surface area contributed by atoms with Gasteiger partial charge in [0.15, 0.2) is 0 Å². The van der Waals surface area contributed by atoms with Crippen LogP contribution in [0.2, 0.25) is 0 Å². The summed E-state index contributed by atoms with van der Waals surface area (Å²) in [5.74, 6) is 0. The maximum Gasteiger partial charge on any atom is 0.0950 e. The van der Waals surface area contributed by atoms with E-state index in [-0.39, 0.29) is 0 Å². The second-order valence-electron chi connectivity index (χ2n) is 8.48. The van der Waals surface area contributed by atoms with E-state index in [4.69, 9.17) is 4.98 Å². The lowest BCUT2D eigenvalue weighted by molar-refractivity contribution is 1.27. The summed E-state index contributed by atoms with van der Waals surface area (Å²) in [6.45, 7) is 0. The average molecular weight is 421 g/mol. The van der Waals surface area contributed by atoms with Gasteiger partial charge in [0, 0.05) is 10.9 Å². The molecule has 2 aromatic heterocycles. The van der Waals surface area contributed by atoms with Gasteiger partial charge in [-0.05, 0) is 46.2 Å². The number of hydrogen-bond acceptors (Lipinski definition) is 1. The largest absolute Gasteiger partial charge is 0.306 e. The van der Waals surface area contributed by atoms with Gasteiger partial charge in [-0.15, -0.1) is 0 Å². The van der Waals surface area contributed by atoms with E-state index in [0.717, 1.165) is 27.8 Å². The molecule has 7 aromatic rings. The predicted octanol–water partition coefficient (Wildman–Crippen LogP) is 8.13. The Morgan fingerprint density at radius 3 is 2.03 bits per heavy atom. The second-order valence-corrected chi connectivity index (χ2v) is 8.48. The van der Waals surface area contributed by atoms with Crippen molar-refractivity contribution >= 4 is 38.2 Å². The van der Waals surface area contributed by atoms with E-state index in [2.05, 4.69) is 126 Å². The maximum atomic E-state index is 5.10. The molecule has 154 valence electrons. The predicted molar refractivity (Wildman–Crippen MR) is 139 cm³/mol. The molecule has 33 heavy (non-hydrogen) atoms. The van der Waals surface area contributed by atoms with Crippen LogP contribution in [0.4, 0.5) is 0 Å². The Kier molecular flexibility index (Phi) is 3.88. The lowest BCUT2D eigenvalue weighted by Crippen LogP contribution is -1.95. The van der Waals surface area contributed by atoms with Crippen molar-refractivity contribution in [2.75, 3.05) is 0 Å². The van der Waals surface area contributed by atoms with Crippen LogP contribution in [0.1, 0.15) is 0 Å². The molecule has 0 aliphatic carbocycles. The van der Waals surface area contributed by atoms with E-state index in [1.165, 1.54) is 32.8 Å². The molecule has 2 nitrogen and oxygen atoms in total. The van der Waals surface area contributed by atoms with Crippen molar-refractivity contribution in [1.82, 2.24) is 9.38 Å². The van der Waals surface area contributed by atoms with Gasteiger partial charge in [0.25, 0.3) is 0 Å². The van der Waals surface area contributed by atoms with Gasteiger partial charge in [-0.1, -0.05) is 97.1 Å². The number of hydrogen-bond donors (Lipinski definition) is 0. The van der Waals surface area contributed by atoms with Crippen LogP contribution in [0.15, 0.2) is 121 Å². The molecular formula is C31H20N2. The lowest BCUT2D eigenvalue weighted by Gasteiger charge is -2.11. The molecule has 7 rings (SSSR count). The lowest BCUT2D eigenvalue weighted by atomic mass is 9.97. The molecule has 2 heteroatoms. The van der Waals surface area contributed by atoms with Crippen LogP contribution in [0, 0.1) is 0 Å². The smallest absolute Gasteiger partial charge is 0.0950 e. The normalized spacial score (nSPS) is 11.6. The highest BCUT2D eigenvalue weighted by atomic mass is 14.9. The van der Waals surface area contributed by atoms with Gasteiger partial charge in [0.2, 0.25) is 0 Å². The number of para-hydroxylation sites is 3. The van der Waals surface area contributed by atoms with Crippen LogP contribution in [-0.4, -0.2) is 9.38 Å². The van der Waals surface area contributed by atoms with Crippen molar-refractivity contribution in [1.29, 1.82) is 0 Å². The Bertz CT molecular complexity index is 1800. The second kappa shape index (κ2) is 7.04. The summed E-state index contributed by atoms with van der Waals surface area (Å²) >= 11 is 0. The molecular weight excluding hydrogens is 400 g/mol. The number of nitrogens with zero attached hydrogens (tertiary/aromatic N) is 2. The molecule has 0 unspecified atom stereocenters. The fraction of sp³-hybridized carbons (Fsp3) is 0. The summed E-state index contributed by atoms with van der Waals surface area (Å²) < 4.78 is 2.34. The third-order valence-corrected chi connectivity index (χ3v) is 6.57. The van der Waals surface area contributed by atoms with Crippen molar-refractivity contribution in [2.24, 2.45) is 0 Å². The number of rotatable bonds is 2. The molecule has 5 aromatic carbocycles. The highest BCUT2D eigenvalue weighted by Crippen LogP contribution is 2.34. The molecule has 0 saturated carbocycles. The molecule has 0 spiro atoms. The average Bonchev–Trinajstić information content (AvgIpc) is 3.28. The van der Waals surface area contributed by atoms with E-state index in [9.17, 15) is 0 Å². The van der Waals surface area contributed by atoms with Gasteiger partial charge in [-0.2, -0.15) is 0 Å². The minimum Gasteiger partial charge on any atom is -0.306 e. The monoisotopic (exact) mass is 420 g/mol. The highest BCUT2D eigenvalue weighted by Gasteiger charge is 2.14. The van der Waals surface area contributed by atoms with Crippen LogP contribution in [0.5, 0.6) is 0 Å². The van der Waals surface area contributed by atoms with Gasteiger partial charge >= 0.3 is 0 Å². The van der Waals surface area contributed by atoms with Crippen LogP contribution >= 0.6 is 0 Å². The SMILES string of the molecule is c1ccc2c(-c3ccc(-c4nc5ccccc5n5c4cc4ccccc45)cc3)cccc2c1. The van der Waals surface area contributed by atoms with E-state index in [1.807, 2.05) is 0 Å². The van der Waals surface area contributed by atoms with Gasteiger partial charge in [-0.3, -0.25) is 0 Å². The summed E-state index contributed by atoms with van der Waals surface area (Å²) in [7, 11) is 0. The molecule has 0 aliphatic heterocycles. The third kappa shape index (κ3) is 2.78. The van der Waals surface area contributed by atoms with Crippen LogP contribution < -0.4 is 0 Å². The summed E-state index contributed by atoms with van der Waals surface area (Å²) in [4.78, 5) is 5.10. The molecule has 0 saturated heterocycles. The van der Waals surface area contributed by atoms with E-state index in [0.29, 0.717) is 0 Å². The molecule has 0 aliphatic rings. The molecule has 0 radical (unpaired) electrons. The van der Waals surface area contributed by atoms with Crippen molar-refractivity contribution in [2.45, 2.75) is 0 Å². The first-order chi connectivity index (χ1) is 16.4. The third-order valence-electron chi connectivity index (χ3n) is 6.57. The molecule has 0 bridgehead atoms.